The minimum atomic E-state index is -0.951. The largest absolute Gasteiger partial charge is 0.480 e. The smallest absolute Gasteiger partial charge is 0.329 e. The van der Waals surface area contributed by atoms with Gasteiger partial charge in [0, 0.05) is 19.1 Å². The van der Waals surface area contributed by atoms with Crippen molar-refractivity contribution in [3.05, 3.63) is 17.7 Å². The Morgan fingerprint density at radius 1 is 1.28 bits per heavy atom. The first kappa shape index (κ1) is 21.9. The summed E-state index contributed by atoms with van der Waals surface area (Å²) >= 11 is 1.62. The van der Waals surface area contributed by atoms with E-state index < -0.39 is 5.97 Å². The number of carboxylic acids is 1. The second-order valence-electron chi connectivity index (χ2n) is 7.74. The van der Waals surface area contributed by atoms with Gasteiger partial charge in [-0.15, -0.1) is 11.8 Å². The van der Waals surface area contributed by atoms with Crippen LogP contribution >= 0.6 is 11.8 Å². The van der Waals surface area contributed by atoms with Crippen molar-refractivity contribution in [1.82, 2.24) is 10.3 Å². The molecule has 1 aliphatic carbocycles. The number of carbonyl (C=O) groups excluding carboxylic acids is 1. The zero-order chi connectivity index (χ0) is 20.6. The Morgan fingerprint density at radius 3 is 2.79 bits per heavy atom. The van der Waals surface area contributed by atoms with Crippen molar-refractivity contribution in [1.29, 1.82) is 0 Å². The van der Waals surface area contributed by atoms with Crippen molar-refractivity contribution < 1.29 is 19.4 Å². The van der Waals surface area contributed by atoms with Crippen LogP contribution in [0, 0.1) is 0 Å². The van der Waals surface area contributed by atoms with Crippen molar-refractivity contribution in [2.45, 2.75) is 69.0 Å². The summed E-state index contributed by atoms with van der Waals surface area (Å²) in [7, 11) is 0. The Labute approximate surface area is 176 Å². The van der Waals surface area contributed by atoms with E-state index in [9.17, 15) is 9.59 Å². The van der Waals surface area contributed by atoms with Crippen LogP contribution in [-0.4, -0.2) is 59.6 Å². The first-order valence-corrected chi connectivity index (χ1v) is 11.6. The lowest BCUT2D eigenvalue weighted by Crippen LogP contribution is -2.36. The minimum Gasteiger partial charge on any atom is -0.480 e. The molecule has 1 unspecified atom stereocenters. The Morgan fingerprint density at radius 2 is 2.07 bits per heavy atom. The molecule has 0 bridgehead atoms. The highest BCUT2D eigenvalue weighted by Gasteiger charge is 2.26. The predicted molar refractivity (Wildman–Crippen MR) is 114 cm³/mol. The van der Waals surface area contributed by atoms with Gasteiger partial charge in [0.2, 0.25) is 0 Å². The van der Waals surface area contributed by atoms with Crippen LogP contribution in [-0.2, 0) is 9.53 Å². The van der Waals surface area contributed by atoms with Gasteiger partial charge in [-0.05, 0) is 43.6 Å². The molecule has 1 saturated carbocycles. The molecule has 160 valence electrons. The molecule has 8 heteroatoms. The quantitative estimate of drug-likeness (QED) is 0.591. The maximum absolute atomic E-state index is 12.9. The topological polar surface area (TPSA) is 91.8 Å². The number of carbonyl (C=O) groups is 2. The van der Waals surface area contributed by atoms with Crippen LogP contribution in [0.25, 0.3) is 0 Å². The second kappa shape index (κ2) is 10.8. The van der Waals surface area contributed by atoms with Gasteiger partial charge in [-0.25, -0.2) is 9.78 Å². The van der Waals surface area contributed by atoms with E-state index in [-0.39, 0.29) is 24.7 Å². The molecule has 2 heterocycles. The Bertz CT molecular complexity index is 709. The van der Waals surface area contributed by atoms with Crippen LogP contribution in [0.3, 0.4) is 0 Å². The molecule has 1 aromatic rings. The van der Waals surface area contributed by atoms with Crippen molar-refractivity contribution in [2.24, 2.45) is 0 Å². The number of amides is 1. The number of aliphatic carboxylic acids is 1. The van der Waals surface area contributed by atoms with Crippen LogP contribution in [0.15, 0.2) is 17.2 Å². The zero-order valence-electron chi connectivity index (χ0n) is 17.1. The first-order valence-electron chi connectivity index (χ1n) is 10.6. The van der Waals surface area contributed by atoms with E-state index in [1.807, 2.05) is 12.1 Å². The van der Waals surface area contributed by atoms with E-state index in [4.69, 9.17) is 14.8 Å². The fourth-order valence-corrected chi connectivity index (χ4v) is 4.73. The molecule has 0 spiro atoms. The number of hydrogen-bond donors (Lipinski definition) is 2. The Balaban J connectivity index is 1.68. The summed E-state index contributed by atoms with van der Waals surface area (Å²) < 4.78 is 5.42. The van der Waals surface area contributed by atoms with Gasteiger partial charge in [0.25, 0.3) is 5.91 Å². The van der Waals surface area contributed by atoms with Gasteiger partial charge in [0.05, 0.1) is 11.7 Å². The summed E-state index contributed by atoms with van der Waals surface area (Å²) in [5, 5.41) is 12.7. The van der Waals surface area contributed by atoms with Gasteiger partial charge < -0.3 is 20.1 Å². The maximum Gasteiger partial charge on any atom is 0.329 e. The number of pyridine rings is 1. The van der Waals surface area contributed by atoms with Crippen LogP contribution in [0.4, 0.5) is 5.82 Å². The van der Waals surface area contributed by atoms with Crippen molar-refractivity contribution >= 4 is 29.5 Å². The summed E-state index contributed by atoms with van der Waals surface area (Å²) in [6.07, 6.45) is 7.41. The molecule has 7 nitrogen and oxygen atoms in total. The van der Waals surface area contributed by atoms with Gasteiger partial charge in [-0.2, -0.15) is 0 Å². The van der Waals surface area contributed by atoms with E-state index in [0.29, 0.717) is 12.1 Å². The monoisotopic (exact) mass is 421 g/mol. The molecule has 29 heavy (non-hydrogen) atoms. The number of aromatic nitrogens is 1. The molecule has 2 aliphatic rings. The normalized spacial score (nSPS) is 20.0. The molecule has 1 amide bonds. The summed E-state index contributed by atoms with van der Waals surface area (Å²) in [6, 6.07) is 4.04. The third-order valence-electron chi connectivity index (χ3n) is 5.39. The predicted octanol–water partition coefficient (Wildman–Crippen LogP) is 3.33. The number of ether oxygens (including phenoxy) is 1. The van der Waals surface area contributed by atoms with E-state index in [1.54, 1.807) is 11.8 Å². The van der Waals surface area contributed by atoms with Crippen molar-refractivity contribution in [2.75, 3.05) is 30.3 Å². The van der Waals surface area contributed by atoms with Crippen LogP contribution in [0.1, 0.15) is 62.2 Å². The standard InChI is InChI=1S/C21H31N3O4S/c1-2-12-29-21-17(20(27)22-15-6-4-3-5-7-15)8-9-18(23-21)24-11-10-16(13-24)28-14-19(25)26/h8-9,15-16H,2-7,10-14H2,1H3,(H,22,27)(H,25,26). The van der Waals surface area contributed by atoms with Crippen LogP contribution < -0.4 is 10.2 Å². The van der Waals surface area contributed by atoms with Gasteiger partial charge in [0.15, 0.2) is 0 Å². The molecule has 1 atom stereocenters. The maximum atomic E-state index is 12.9. The highest BCUT2D eigenvalue weighted by atomic mass is 32.2. The zero-order valence-corrected chi connectivity index (χ0v) is 17.9. The lowest BCUT2D eigenvalue weighted by atomic mass is 9.95. The Kier molecular flexibility index (Phi) is 8.18. The number of nitrogens with one attached hydrogen (secondary N) is 1. The number of rotatable bonds is 9. The SMILES string of the molecule is CCCSc1nc(N2CCC(OCC(=O)O)C2)ccc1C(=O)NC1CCCCC1. The second-order valence-corrected chi connectivity index (χ2v) is 8.82. The highest BCUT2D eigenvalue weighted by molar-refractivity contribution is 7.99. The molecule has 0 aromatic carbocycles. The fourth-order valence-electron chi connectivity index (χ4n) is 3.86. The van der Waals surface area contributed by atoms with Gasteiger partial charge in [-0.1, -0.05) is 26.2 Å². The van der Waals surface area contributed by atoms with Gasteiger partial charge >= 0.3 is 5.97 Å². The van der Waals surface area contributed by atoms with Crippen LogP contribution in [0.2, 0.25) is 0 Å². The van der Waals surface area contributed by atoms with Crippen LogP contribution in [0.5, 0.6) is 0 Å². The van der Waals surface area contributed by atoms with Gasteiger partial charge in [-0.3, -0.25) is 4.79 Å². The summed E-state index contributed by atoms with van der Waals surface area (Å²) in [5.41, 5.74) is 0.649. The Hall–Kier alpha value is -1.80. The number of nitrogens with zero attached hydrogens (tertiary/aromatic N) is 2. The number of hydrogen-bond acceptors (Lipinski definition) is 6. The first-order chi connectivity index (χ1) is 14.1. The molecule has 3 rings (SSSR count). The number of anilines is 1. The lowest BCUT2D eigenvalue weighted by Gasteiger charge is -2.24. The molecule has 1 aromatic heterocycles. The van der Waals surface area contributed by atoms with E-state index >= 15 is 0 Å². The third-order valence-corrected chi connectivity index (χ3v) is 6.58. The molecular formula is C21H31N3O4S. The summed E-state index contributed by atoms with van der Waals surface area (Å²) in [5.74, 6) is 0.746. The number of carboxylic acid groups (broad SMARTS) is 1. The third kappa shape index (κ3) is 6.34. The molecule has 0 radical (unpaired) electrons. The lowest BCUT2D eigenvalue weighted by molar-refractivity contribution is -0.143. The number of thioether (sulfide) groups is 1. The molecule has 2 fully saturated rings. The minimum absolute atomic E-state index is 0.0290. The molecule has 1 aliphatic heterocycles. The molecule has 1 saturated heterocycles. The summed E-state index contributed by atoms with van der Waals surface area (Å²) in [4.78, 5) is 30.5. The molecular weight excluding hydrogens is 390 g/mol. The van der Waals surface area contributed by atoms with E-state index in [2.05, 4.69) is 17.1 Å². The average Bonchev–Trinajstić information content (AvgIpc) is 3.20. The summed E-state index contributed by atoms with van der Waals surface area (Å²) in [6.45, 7) is 3.22. The molecule has 2 N–H and O–H groups in total. The highest BCUT2D eigenvalue weighted by Crippen LogP contribution is 2.28. The van der Waals surface area contributed by atoms with Gasteiger partial charge in [0.1, 0.15) is 17.5 Å². The fraction of sp³-hybridized carbons (Fsp3) is 0.667. The van der Waals surface area contributed by atoms with E-state index in [1.165, 1.54) is 19.3 Å². The van der Waals surface area contributed by atoms with Crippen molar-refractivity contribution in [3.63, 3.8) is 0 Å². The average molecular weight is 422 g/mol. The van der Waals surface area contributed by atoms with Crippen molar-refractivity contribution in [3.8, 4) is 0 Å². The van der Waals surface area contributed by atoms with E-state index in [0.717, 1.165) is 48.8 Å².